The number of carbonyl (C=O) groups excluding carboxylic acids is 1. The average molecular weight is 219 g/mol. The lowest BCUT2D eigenvalue weighted by Gasteiger charge is -2.20. The van der Waals surface area contributed by atoms with Crippen molar-refractivity contribution in [2.24, 2.45) is 5.92 Å². The first-order chi connectivity index (χ1) is 7.58. The summed E-state index contributed by atoms with van der Waals surface area (Å²) in [6.07, 6.45) is 2.60. The Morgan fingerprint density at radius 1 is 1.50 bits per heavy atom. The Morgan fingerprint density at radius 3 is 2.75 bits per heavy atom. The number of aromatic nitrogens is 1. The number of nitrogen functional groups attached to an aromatic ring is 1. The maximum absolute atomic E-state index is 12.1. The van der Waals surface area contributed by atoms with Crippen LogP contribution in [0.5, 0.6) is 0 Å². The van der Waals surface area contributed by atoms with E-state index in [-0.39, 0.29) is 5.91 Å². The maximum Gasteiger partial charge on any atom is 0.272 e. The smallest absolute Gasteiger partial charge is 0.272 e. The number of nitrogens with zero attached hydrogens (tertiary/aromatic N) is 2. The van der Waals surface area contributed by atoms with Crippen LogP contribution in [0.25, 0.3) is 0 Å². The fourth-order valence-corrected chi connectivity index (χ4v) is 2.26. The van der Waals surface area contributed by atoms with Gasteiger partial charge in [0, 0.05) is 12.6 Å². The van der Waals surface area contributed by atoms with E-state index in [1.807, 2.05) is 4.90 Å². The van der Waals surface area contributed by atoms with E-state index in [1.54, 1.807) is 12.1 Å². The molecule has 2 heterocycles. The van der Waals surface area contributed by atoms with Crippen molar-refractivity contribution in [1.82, 2.24) is 9.88 Å². The van der Waals surface area contributed by atoms with Gasteiger partial charge >= 0.3 is 0 Å². The summed E-state index contributed by atoms with van der Waals surface area (Å²) in [6.45, 7) is 5.07. The van der Waals surface area contributed by atoms with Crippen LogP contribution in [0, 0.1) is 5.92 Å². The van der Waals surface area contributed by atoms with Gasteiger partial charge in [-0.3, -0.25) is 4.79 Å². The Labute approximate surface area is 95.5 Å². The number of nitrogens with two attached hydrogens (primary N) is 1. The Kier molecular flexibility index (Phi) is 2.81. The summed E-state index contributed by atoms with van der Waals surface area (Å²) in [5.74, 6) is 0.588. The van der Waals surface area contributed by atoms with Crippen LogP contribution in [-0.2, 0) is 0 Å². The zero-order valence-electron chi connectivity index (χ0n) is 9.68. The molecule has 0 aromatic carbocycles. The van der Waals surface area contributed by atoms with Crippen LogP contribution in [0.2, 0.25) is 0 Å². The Hall–Kier alpha value is -1.58. The third-order valence-corrected chi connectivity index (χ3v) is 3.05. The molecule has 2 rings (SSSR count). The van der Waals surface area contributed by atoms with Gasteiger partial charge in [-0.1, -0.05) is 6.92 Å². The molecule has 1 aliphatic rings. The summed E-state index contributed by atoms with van der Waals surface area (Å²) in [7, 11) is 0. The number of pyridine rings is 1. The first kappa shape index (κ1) is 10.9. The molecule has 4 heteroatoms. The molecule has 0 saturated carbocycles. The predicted octanol–water partition coefficient (Wildman–Crippen LogP) is 1.53. The molecule has 1 fully saturated rings. The van der Waals surface area contributed by atoms with Crippen molar-refractivity contribution in [3.8, 4) is 0 Å². The van der Waals surface area contributed by atoms with Crippen LogP contribution in [0.15, 0.2) is 18.3 Å². The number of hydrogen-bond donors (Lipinski definition) is 1. The normalized spacial score (nSPS) is 24.8. The van der Waals surface area contributed by atoms with Crippen molar-refractivity contribution in [3.63, 3.8) is 0 Å². The van der Waals surface area contributed by atoms with Gasteiger partial charge in [-0.25, -0.2) is 4.98 Å². The standard InChI is InChI=1S/C12H17N3O/c1-8-5-9(2)15(7-8)12(16)11-4-3-10(13)6-14-11/h3-4,6,8-9H,5,7,13H2,1-2H3. The molecule has 1 aromatic rings. The number of carbonyl (C=O) groups is 1. The lowest BCUT2D eigenvalue weighted by atomic mass is 10.1. The molecule has 4 nitrogen and oxygen atoms in total. The molecule has 1 aliphatic heterocycles. The average Bonchev–Trinajstić information content (AvgIpc) is 2.58. The van der Waals surface area contributed by atoms with Gasteiger partial charge in [-0.15, -0.1) is 0 Å². The molecular formula is C12H17N3O. The van der Waals surface area contributed by atoms with Gasteiger partial charge in [0.25, 0.3) is 5.91 Å². The zero-order chi connectivity index (χ0) is 11.7. The summed E-state index contributed by atoms with van der Waals surface area (Å²) in [5.41, 5.74) is 6.61. The summed E-state index contributed by atoms with van der Waals surface area (Å²) in [4.78, 5) is 18.1. The number of hydrogen-bond acceptors (Lipinski definition) is 3. The third kappa shape index (κ3) is 2.01. The minimum Gasteiger partial charge on any atom is -0.397 e. The molecule has 86 valence electrons. The highest BCUT2D eigenvalue weighted by molar-refractivity contribution is 5.92. The van der Waals surface area contributed by atoms with Crippen LogP contribution in [0.4, 0.5) is 5.69 Å². The minimum atomic E-state index is 0.0110. The van der Waals surface area contributed by atoms with Crippen molar-refractivity contribution in [3.05, 3.63) is 24.0 Å². The molecule has 0 spiro atoms. The monoisotopic (exact) mass is 219 g/mol. The zero-order valence-corrected chi connectivity index (χ0v) is 9.68. The van der Waals surface area contributed by atoms with E-state index in [0.29, 0.717) is 23.3 Å². The summed E-state index contributed by atoms with van der Waals surface area (Å²) in [6, 6.07) is 3.71. The van der Waals surface area contributed by atoms with Crippen molar-refractivity contribution in [1.29, 1.82) is 0 Å². The van der Waals surface area contributed by atoms with Gasteiger partial charge in [-0.05, 0) is 31.4 Å². The van der Waals surface area contributed by atoms with Crippen LogP contribution in [-0.4, -0.2) is 28.4 Å². The summed E-state index contributed by atoms with van der Waals surface area (Å²) in [5, 5.41) is 0. The molecule has 1 saturated heterocycles. The van der Waals surface area contributed by atoms with Crippen molar-refractivity contribution in [2.75, 3.05) is 12.3 Å². The second kappa shape index (κ2) is 4.12. The van der Waals surface area contributed by atoms with Crippen LogP contribution in [0.1, 0.15) is 30.8 Å². The molecule has 0 bridgehead atoms. The van der Waals surface area contributed by atoms with Crippen molar-refractivity contribution < 1.29 is 4.79 Å². The molecule has 0 aliphatic carbocycles. The lowest BCUT2D eigenvalue weighted by molar-refractivity contribution is 0.0738. The number of amides is 1. The highest BCUT2D eigenvalue weighted by atomic mass is 16.2. The van der Waals surface area contributed by atoms with Crippen LogP contribution in [0.3, 0.4) is 0 Å². The number of likely N-dealkylation sites (tertiary alicyclic amines) is 1. The highest BCUT2D eigenvalue weighted by Crippen LogP contribution is 2.23. The van der Waals surface area contributed by atoms with Gasteiger partial charge in [-0.2, -0.15) is 0 Å². The fourth-order valence-electron chi connectivity index (χ4n) is 2.26. The largest absolute Gasteiger partial charge is 0.397 e. The van der Waals surface area contributed by atoms with E-state index in [4.69, 9.17) is 5.73 Å². The van der Waals surface area contributed by atoms with E-state index in [2.05, 4.69) is 18.8 Å². The minimum absolute atomic E-state index is 0.0110. The SMILES string of the molecule is CC1CC(C)N(C(=O)c2ccc(N)cn2)C1. The van der Waals surface area contributed by atoms with Crippen LogP contribution >= 0.6 is 0 Å². The quantitative estimate of drug-likeness (QED) is 0.779. The van der Waals surface area contributed by atoms with Gasteiger partial charge in [0.2, 0.25) is 0 Å². The molecule has 2 N–H and O–H groups in total. The first-order valence-corrected chi connectivity index (χ1v) is 5.60. The van der Waals surface area contributed by atoms with E-state index in [0.717, 1.165) is 13.0 Å². The second-order valence-electron chi connectivity index (χ2n) is 4.62. The Balaban J connectivity index is 2.16. The highest BCUT2D eigenvalue weighted by Gasteiger charge is 2.30. The topological polar surface area (TPSA) is 59.2 Å². The van der Waals surface area contributed by atoms with Gasteiger partial charge in [0.15, 0.2) is 0 Å². The molecule has 1 amide bonds. The fraction of sp³-hybridized carbons (Fsp3) is 0.500. The van der Waals surface area contributed by atoms with Crippen molar-refractivity contribution >= 4 is 11.6 Å². The molecule has 2 atom stereocenters. The lowest BCUT2D eigenvalue weighted by Crippen LogP contribution is -2.34. The molecule has 1 aromatic heterocycles. The predicted molar refractivity (Wildman–Crippen MR) is 62.9 cm³/mol. The first-order valence-electron chi connectivity index (χ1n) is 5.60. The molecule has 2 unspecified atom stereocenters. The molecule has 0 radical (unpaired) electrons. The van der Waals surface area contributed by atoms with Crippen LogP contribution < -0.4 is 5.73 Å². The van der Waals surface area contributed by atoms with Crippen molar-refractivity contribution in [2.45, 2.75) is 26.3 Å². The Bertz CT molecular complexity index is 388. The maximum atomic E-state index is 12.1. The van der Waals surface area contributed by atoms with E-state index in [1.165, 1.54) is 6.20 Å². The van der Waals surface area contributed by atoms with Gasteiger partial charge in [0.05, 0.1) is 11.9 Å². The number of anilines is 1. The van der Waals surface area contributed by atoms with E-state index in [9.17, 15) is 4.79 Å². The van der Waals surface area contributed by atoms with Gasteiger partial charge < -0.3 is 10.6 Å². The Morgan fingerprint density at radius 2 is 2.25 bits per heavy atom. The number of rotatable bonds is 1. The van der Waals surface area contributed by atoms with Gasteiger partial charge in [0.1, 0.15) is 5.69 Å². The molecule has 16 heavy (non-hydrogen) atoms. The summed E-state index contributed by atoms with van der Waals surface area (Å²) < 4.78 is 0. The van der Waals surface area contributed by atoms with E-state index < -0.39 is 0 Å². The summed E-state index contributed by atoms with van der Waals surface area (Å²) >= 11 is 0. The van der Waals surface area contributed by atoms with E-state index >= 15 is 0 Å². The molecular weight excluding hydrogens is 202 g/mol. The second-order valence-corrected chi connectivity index (χ2v) is 4.62. The third-order valence-electron chi connectivity index (χ3n) is 3.05.